The highest BCUT2D eigenvalue weighted by Crippen LogP contribution is 2.31. The molecule has 0 N–H and O–H groups in total. The van der Waals surface area contributed by atoms with E-state index in [1.54, 1.807) is 0 Å². The van der Waals surface area contributed by atoms with Gasteiger partial charge in [0.05, 0.1) is 5.38 Å². The summed E-state index contributed by atoms with van der Waals surface area (Å²) in [6.07, 6.45) is 0.854. The van der Waals surface area contributed by atoms with Crippen molar-refractivity contribution in [3.63, 3.8) is 0 Å². The third-order valence-electron chi connectivity index (χ3n) is 4.26. The maximum atomic E-state index is 6.72. The van der Waals surface area contributed by atoms with Crippen molar-refractivity contribution in [1.82, 2.24) is 0 Å². The lowest BCUT2D eigenvalue weighted by Gasteiger charge is -2.16. The first kappa shape index (κ1) is 14.2. The molecule has 0 radical (unpaired) electrons. The number of aryl methyl sites for hydroxylation is 1. The van der Waals surface area contributed by atoms with Gasteiger partial charge in [-0.25, -0.2) is 0 Å². The lowest BCUT2D eigenvalue weighted by atomic mass is 9.95. The molecule has 0 spiro atoms. The highest BCUT2D eigenvalue weighted by atomic mass is 35.5. The molecule has 0 bridgehead atoms. The van der Waals surface area contributed by atoms with E-state index in [0.29, 0.717) is 0 Å². The first-order chi connectivity index (χ1) is 10.2. The van der Waals surface area contributed by atoms with Crippen LogP contribution in [0.2, 0.25) is 0 Å². The van der Waals surface area contributed by atoms with Crippen LogP contribution in [0.4, 0.5) is 0 Å². The molecular weight excluding hydrogens is 276 g/mol. The van der Waals surface area contributed by atoms with Crippen molar-refractivity contribution in [3.05, 3.63) is 82.9 Å². The van der Waals surface area contributed by atoms with Crippen LogP contribution in [0.25, 0.3) is 10.8 Å². The molecule has 106 valence electrons. The van der Waals surface area contributed by atoms with Gasteiger partial charge >= 0.3 is 0 Å². The molecule has 0 aliphatic rings. The van der Waals surface area contributed by atoms with Crippen molar-refractivity contribution >= 4 is 22.4 Å². The van der Waals surface area contributed by atoms with Crippen LogP contribution in [0, 0.1) is 13.8 Å². The summed E-state index contributed by atoms with van der Waals surface area (Å²) in [7, 11) is 0. The van der Waals surface area contributed by atoms with Gasteiger partial charge in [0, 0.05) is 0 Å². The molecule has 0 amide bonds. The van der Waals surface area contributed by atoms with Crippen LogP contribution < -0.4 is 0 Å². The van der Waals surface area contributed by atoms with Gasteiger partial charge in [0.25, 0.3) is 0 Å². The molecule has 0 saturated carbocycles. The fraction of sp³-hybridized carbons (Fsp3) is 0.200. The second-order valence-electron chi connectivity index (χ2n) is 5.60. The van der Waals surface area contributed by atoms with Crippen LogP contribution in [0.3, 0.4) is 0 Å². The summed E-state index contributed by atoms with van der Waals surface area (Å²) in [5.74, 6) is 0. The highest BCUT2D eigenvalue weighted by molar-refractivity contribution is 6.21. The first-order valence-corrected chi connectivity index (χ1v) is 7.77. The number of rotatable bonds is 3. The Morgan fingerprint density at radius 1 is 0.857 bits per heavy atom. The quantitative estimate of drug-likeness (QED) is 0.521. The number of hydrogen-bond acceptors (Lipinski definition) is 0. The standard InChI is InChI=1S/C20H19Cl/c1-14-7-5-12-18(15(14)2)20(21)13-17-10-6-9-16-8-3-4-11-19(16)17/h3-12,20H,13H2,1-2H3. The number of halogens is 1. The number of hydrogen-bond donors (Lipinski definition) is 0. The summed E-state index contributed by atoms with van der Waals surface area (Å²) < 4.78 is 0. The van der Waals surface area contributed by atoms with Gasteiger partial charge in [-0.15, -0.1) is 11.6 Å². The van der Waals surface area contributed by atoms with Crippen LogP contribution >= 0.6 is 11.6 Å². The van der Waals surface area contributed by atoms with Gasteiger partial charge < -0.3 is 0 Å². The molecule has 0 nitrogen and oxygen atoms in total. The van der Waals surface area contributed by atoms with Crippen LogP contribution in [-0.2, 0) is 6.42 Å². The maximum Gasteiger partial charge on any atom is 0.0628 e. The van der Waals surface area contributed by atoms with E-state index in [2.05, 4.69) is 74.5 Å². The van der Waals surface area contributed by atoms with E-state index >= 15 is 0 Å². The molecular formula is C20H19Cl. The Bertz CT molecular complexity index is 768. The summed E-state index contributed by atoms with van der Waals surface area (Å²) >= 11 is 6.72. The van der Waals surface area contributed by atoms with Crippen molar-refractivity contribution < 1.29 is 0 Å². The zero-order valence-corrected chi connectivity index (χ0v) is 13.2. The molecule has 0 fully saturated rings. The van der Waals surface area contributed by atoms with Crippen molar-refractivity contribution in [3.8, 4) is 0 Å². The monoisotopic (exact) mass is 294 g/mol. The zero-order chi connectivity index (χ0) is 14.8. The molecule has 0 aromatic heterocycles. The molecule has 0 aliphatic carbocycles. The van der Waals surface area contributed by atoms with Gasteiger partial charge in [0.2, 0.25) is 0 Å². The van der Waals surface area contributed by atoms with Crippen LogP contribution in [0.15, 0.2) is 60.7 Å². The molecule has 0 aliphatic heterocycles. The van der Waals surface area contributed by atoms with E-state index in [1.165, 1.54) is 33.0 Å². The minimum atomic E-state index is 0.00991. The Hall–Kier alpha value is -1.79. The van der Waals surface area contributed by atoms with Crippen molar-refractivity contribution in [2.45, 2.75) is 25.6 Å². The molecule has 1 atom stereocenters. The normalized spacial score (nSPS) is 12.5. The number of benzene rings is 3. The van der Waals surface area contributed by atoms with Gasteiger partial charge in [-0.3, -0.25) is 0 Å². The maximum absolute atomic E-state index is 6.72. The largest absolute Gasteiger partial charge is 0.117 e. The number of alkyl halides is 1. The molecule has 3 aromatic rings. The van der Waals surface area contributed by atoms with Gasteiger partial charge in [0.15, 0.2) is 0 Å². The fourth-order valence-electron chi connectivity index (χ4n) is 2.89. The molecule has 1 unspecified atom stereocenters. The van der Waals surface area contributed by atoms with Crippen LogP contribution in [-0.4, -0.2) is 0 Å². The van der Waals surface area contributed by atoms with Crippen molar-refractivity contribution in [2.75, 3.05) is 0 Å². The van der Waals surface area contributed by atoms with Gasteiger partial charge in [0.1, 0.15) is 0 Å². The Balaban J connectivity index is 1.97. The smallest absolute Gasteiger partial charge is 0.0628 e. The predicted octanol–water partition coefficient (Wildman–Crippen LogP) is 5.98. The summed E-state index contributed by atoms with van der Waals surface area (Å²) in [6.45, 7) is 4.30. The van der Waals surface area contributed by atoms with E-state index in [0.717, 1.165) is 6.42 Å². The summed E-state index contributed by atoms with van der Waals surface area (Å²) in [6, 6.07) is 21.3. The van der Waals surface area contributed by atoms with E-state index < -0.39 is 0 Å². The van der Waals surface area contributed by atoms with Gasteiger partial charge in [-0.05, 0) is 53.3 Å². The van der Waals surface area contributed by atoms with Gasteiger partial charge in [-0.1, -0.05) is 60.7 Å². The Labute approximate surface area is 131 Å². The fourth-order valence-corrected chi connectivity index (χ4v) is 3.29. The van der Waals surface area contributed by atoms with Gasteiger partial charge in [-0.2, -0.15) is 0 Å². The third-order valence-corrected chi connectivity index (χ3v) is 4.65. The van der Waals surface area contributed by atoms with Crippen LogP contribution in [0.5, 0.6) is 0 Å². The molecule has 0 heterocycles. The van der Waals surface area contributed by atoms with E-state index in [4.69, 9.17) is 11.6 Å². The molecule has 3 rings (SSSR count). The van der Waals surface area contributed by atoms with Crippen LogP contribution in [0.1, 0.15) is 27.6 Å². The summed E-state index contributed by atoms with van der Waals surface area (Å²) in [5.41, 5.74) is 5.16. The summed E-state index contributed by atoms with van der Waals surface area (Å²) in [4.78, 5) is 0. The summed E-state index contributed by atoms with van der Waals surface area (Å²) in [5, 5.41) is 2.59. The van der Waals surface area contributed by atoms with Crippen molar-refractivity contribution in [1.29, 1.82) is 0 Å². The SMILES string of the molecule is Cc1cccc(C(Cl)Cc2cccc3ccccc23)c1C. The van der Waals surface area contributed by atoms with Crippen molar-refractivity contribution in [2.24, 2.45) is 0 Å². The lowest BCUT2D eigenvalue weighted by molar-refractivity contribution is 0.914. The predicted molar refractivity (Wildman–Crippen MR) is 92.2 cm³/mol. The highest BCUT2D eigenvalue weighted by Gasteiger charge is 2.13. The lowest BCUT2D eigenvalue weighted by Crippen LogP contribution is -2.00. The molecule has 3 aromatic carbocycles. The second-order valence-corrected chi connectivity index (χ2v) is 6.13. The average Bonchev–Trinajstić information content (AvgIpc) is 2.50. The third kappa shape index (κ3) is 2.82. The first-order valence-electron chi connectivity index (χ1n) is 7.33. The van der Waals surface area contributed by atoms with E-state index in [1.807, 2.05) is 0 Å². The topological polar surface area (TPSA) is 0 Å². The minimum Gasteiger partial charge on any atom is -0.117 e. The molecule has 1 heteroatoms. The van der Waals surface area contributed by atoms with E-state index in [9.17, 15) is 0 Å². The Morgan fingerprint density at radius 2 is 1.57 bits per heavy atom. The second kappa shape index (κ2) is 5.91. The molecule has 21 heavy (non-hydrogen) atoms. The molecule has 0 saturated heterocycles. The Kier molecular flexibility index (Phi) is 3.98. The zero-order valence-electron chi connectivity index (χ0n) is 12.4. The number of fused-ring (bicyclic) bond motifs is 1. The average molecular weight is 295 g/mol. The minimum absolute atomic E-state index is 0.00991. The van der Waals surface area contributed by atoms with E-state index in [-0.39, 0.29) is 5.38 Å². The Morgan fingerprint density at radius 3 is 2.43 bits per heavy atom.